The third kappa shape index (κ3) is 4.35. The van der Waals surface area contributed by atoms with Gasteiger partial charge in [-0.15, -0.1) is 11.3 Å². The van der Waals surface area contributed by atoms with Crippen molar-refractivity contribution in [1.82, 2.24) is 14.8 Å². The van der Waals surface area contributed by atoms with E-state index < -0.39 is 0 Å². The lowest BCUT2D eigenvalue weighted by Gasteiger charge is -2.39. The number of urea groups is 1. The van der Waals surface area contributed by atoms with Gasteiger partial charge in [0.1, 0.15) is 5.01 Å². The number of carbonyl (C=O) groups is 2. The largest absolute Gasteiger partial charge is 0.333 e. The van der Waals surface area contributed by atoms with Gasteiger partial charge in [0.05, 0.1) is 22.2 Å². The van der Waals surface area contributed by atoms with E-state index in [1.165, 1.54) is 4.70 Å². The van der Waals surface area contributed by atoms with Crippen LogP contribution < -0.4 is 5.32 Å². The first-order chi connectivity index (χ1) is 15.7. The highest BCUT2D eigenvalue weighted by Crippen LogP contribution is 2.37. The molecular weight excluding hydrogens is 420 g/mol. The average Bonchev–Trinajstić information content (AvgIpc) is 3.28. The number of aromatic nitrogens is 1. The minimum absolute atomic E-state index is 0.0437. The van der Waals surface area contributed by atoms with Gasteiger partial charge in [-0.2, -0.15) is 0 Å². The van der Waals surface area contributed by atoms with E-state index >= 15 is 0 Å². The number of para-hydroxylation sites is 2. The summed E-state index contributed by atoms with van der Waals surface area (Å²) in [5.74, 6) is 0.0198. The molecule has 1 N–H and O–H groups in total. The van der Waals surface area contributed by atoms with Crippen molar-refractivity contribution >= 4 is 39.2 Å². The monoisotopic (exact) mass is 448 g/mol. The van der Waals surface area contributed by atoms with Crippen molar-refractivity contribution in [2.45, 2.75) is 38.1 Å². The van der Waals surface area contributed by atoms with Crippen molar-refractivity contribution in [1.29, 1.82) is 0 Å². The molecule has 6 nitrogen and oxygen atoms in total. The van der Waals surface area contributed by atoms with E-state index in [1.807, 2.05) is 53.4 Å². The van der Waals surface area contributed by atoms with Crippen molar-refractivity contribution in [2.75, 3.05) is 25.0 Å². The molecule has 2 unspecified atom stereocenters. The Morgan fingerprint density at radius 2 is 1.75 bits per heavy atom. The Morgan fingerprint density at radius 3 is 2.59 bits per heavy atom. The molecule has 0 aliphatic carbocycles. The number of thiazole rings is 1. The van der Waals surface area contributed by atoms with Crippen molar-refractivity contribution in [3.05, 3.63) is 59.6 Å². The lowest BCUT2D eigenvalue weighted by molar-refractivity contribution is -0.140. The third-order valence-electron chi connectivity index (χ3n) is 6.46. The average molecular weight is 449 g/mol. The third-order valence-corrected chi connectivity index (χ3v) is 7.60. The molecule has 3 aromatic rings. The van der Waals surface area contributed by atoms with Crippen LogP contribution in [0.15, 0.2) is 54.6 Å². The van der Waals surface area contributed by atoms with Crippen LogP contribution in [0.2, 0.25) is 0 Å². The van der Waals surface area contributed by atoms with Gasteiger partial charge in [-0.05, 0) is 56.4 Å². The summed E-state index contributed by atoms with van der Waals surface area (Å²) in [4.78, 5) is 35.1. The summed E-state index contributed by atoms with van der Waals surface area (Å²) in [5.41, 5.74) is 1.78. The Morgan fingerprint density at radius 1 is 0.938 bits per heavy atom. The molecule has 7 heteroatoms. The van der Waals surface area contributed by atoms with Crippen molar-refractivity contribution in [3.63, 3.8) is 0 Å². The van der Waals surface area contributed by atoms with Gasteiger partial charge in [0.15, 0.2) is 0 Å². The molecular formula is C25H28N4O2S. The first-order valence-corrected chi connectivity index (χ1v) is 12.3. The zero-order valence-corrected chi connectivity index (χ0v) is 18.9. The standard InChI is InChI=1S/C25H28N4O2S/c30-24(18-9-8-15-28(17-18)25(31)26-19-10-2-1-3-11-19)29-16-7-6-13-21(29)23-27-20-12-4-5-14-22(20)32-23/h1-5,10-12,14,18,21H,6-9,13,15-17H2,(H,26,31). The maximum Gasteiger partial charge on any atom is 0.321 e. The highest BCUT2D eigenvalue weighted by atomic mass is 32.1. The van der Waals surface area contributed by atoms with Gasteiger partial charge in [-0.25, -0.2) is 9.78 Å². The molecule has 166 valence electrons. The summed E-state index contributed by atoms with van der Waals surface area (Å²) in [7, 11) is 0. The lowest BCUT2D eigenvalue weighted by atomic mass is 9.93. The molecule has 2 aliphatic rings. The second-order valence-corrected chi connectivity index (χ2v) is 9.71. The van der Waals surface area contributed by atoms with E-state index in [-0.39, 0.29) is 23.9 Å². The van der Waals surface area contributed by atoms with Crippen LogP contribution in [0.4, 0.5) is 10.5 Å². The van der Waals surface area contributed by atoms with Gasteiger partial charge < -0.3 is 15.1 Å². The number of nitrogens with zero attached hydrogens (tertiary/aromatic N) is 3. The molecule has 0 saturated carbocycles. The molecule has 2 atom stereocenters. The Kier molecular flexibility index (Phi) is 6.08. The van der Waals surface area contributed by atoms with E-state index in [9.17, 15) is 9.59 Å². The zero-order valence-electron chi connectivity index (χ0n) is 18.1. The Balaban J connectivity index is 1.29. The number of hydrogen-bond acceptors (Lipinski definition) is 4. The molecule has 0 radical (unpaired) electrons. The second-order valence-electron chi connectivity index (χ2n) is 8.64. The summed E-state index contributed by atoms with van der Waals surface area (Å²) in [6, 6.07) is 17.6. The smallest absolute Gasteiger partial charge is 0.321 e. The van der Waals surface area contributed by atoms with Crippen LogP contribution in [0.5, 0.6) is 0 Å². The number of likely N-dealkylation sites (tertiary alicyclic amines) is 2. The Bertz CT molecular complexity index is 1070. The number of fused-ring (bicyclic) bond motifs is 1. The summed E-state index contributed by atoms with van der Waals surface area (Å²) in [6.07, 6.45) is 4.77. The number of piperidine rings is 2. The van der Waals surface area contributed by atoms with Crippen LogP contribution in [0, 0.1) is 5.92 Å². The Hall–Kier alpha value is -2.93. The van der Waals surface area contributed by atoms with E-state index in [4.69, 9.17) is 4.98 Å². The molecule has 2 aromatic carbocycles. The molecule has 32 heavy (non-hydrogen) atoms. The van der Waals surface area contributed by atoms with Crippen LogP contribution in [-0.2, 0) is 4.79 Å². The zero-order chi connectivity index (χ0) is 21.9. The molecule has 0 bridgehead atoms. The number of hydrogen-bond donors (Lipinski definition) is 1. The van der Waals surface area contributed by atoms with E-state index in [2.05, 4.69) is 11.4 Å². The SMILES string of the molecule is O=C(Nc1ccccc1)N1CCCC(C(=O)N2CCCCC2c2nc3ccccc3s2)C1. The number of carbonyl (C=O) groups excluding carboxylic acids is 2. The van der Waals surface area contributed by atoms with E-state index in [1.54, 1.807) is 16.2 Å². The Labute approximate surface area is 192 Å². The fraction of sp³-hybridized carbons (Fsp3) is 0.400. The summed E-state index contributed by atoms with van der Waals surface area (Å²) in [6.45, 7) is 1.93. The molecule has 0 spiro atoms. The minimum Gasteiger partial charge on any atom is -0.333 e. The maximum atomic E-state index is 13.6. The predicted molar refractivity (Wildman–Crippen MR) is 128 cm³/mol. The van der Waals surface area contributed by atoms with Crippen LogP contribution in [0.3, 0.4) is 0 Å². The van der Waals surface area contributed by atoms with Crippen LogP contribution in [-0.4, -0.2) is 46.4 Å². The summed E-state index contributed by atoms with van der Waals surface area (Å²) < 4.78 is 1.17. The van der Waals surface area contributed by atoms with Crippen LogP contribution >= 0.6 is 11.3 Å². The topological polar surface area (TPSA) is 65.5 Å². The molecule has 3 heterocycles. The van der Waals surface area contributed by atoms with Gasteiger partial charge in [-0.3, -0.25) is 4.79 Å². The number of nitrogens with one attached hydrogen (secondary N) is 1. The maximum absolute atomic E-state index is 13.6. The second kappa shape index (κ2) is 9.28. The number of rotatable bonds is 3. The number of benzene rings is 2. The number of anilines is 1. The number of amides is 3. The molecule has 1 aromatic heterocycles. The van der Waals surface area contributed by atoms with Gasteiger partial charge >= 0.3 is 6.03 Å². The van der Waals surface area contributed by atoms with Gasteiger partial charge in [-0.1, -0.05) is 30.3 Å². The van der Waals surface area contributed by atoms with Crippen molar-refractivity contribution in [3.8, 4) is 0 Å². The van der Waals surface area contributed by atoms with Gasteiger partial charge in [0.25, 0.3) is 0 Å². The summed E-state index contributed by atoms with van der Waals surface area (Å²) >= 11 is 1.70. The molecule has 2 fully saturated rings. The lowest BCUT2D eigenvalue weighted by Crippen LogP contribution is -2.49. The van der Waals surface area contributed by atoms with Gasteiger partial charge in [0.2, 0.25) is 5.91 Å². The minimum atomic E-state index is -0.153. The first kappa shape index (κ1) is 20.9. The molecule has 3 amide bonds. The van der Waals surface area contributed by atoms with E-state index in [0.717, 1.165) is 54.9 Å². The highest BCUT2D eigenvalue weighted by molar-refractivity contribution is 7.18. The van der Waals surface area contributed by atoms with Crippen LogP contribution in [0.1, 0.15) is 43.2 Å². The highest BCUT2D eigenvalue weighted by Gasteiger charge is 2.36. The van der Waals surface area contributed by atoms with Gasteiger partial charge in [0, 0.05) is 25.3 Å². The van der Waals surface area contributed by atoms with Crippen LogP contribution in [0.25, 0.3) is 10.2 Å². The van der Waals surface area contributed by atoms with E-state index in [0.29, 0.717) is 13.1 Å². The fourth-order valence-electron chi connectivity index (χ4n) is 4.81. The molecule has 5 rings (SSSR count). The first-order valence-electron chi connectivity index (χ1n) is 11.5. The van der Waals surface area contributed by atoms with Crippen molar-refractivity contribution < 1.29 is 9.59 Å². The molecule has 2 saturated heterocycles. The quantitative estimate of drug-likeness (QED) is 0.592. The molecule has 2 aliphatic heterocycles. The van der Waals surface area contributed by atoms with Crippen molar-refractivity contribution in [2.24, 2.45) is 5.92 Å². The normalized spacial score (nSPS) is 21.5. The summed E-state index contributed by atoms with van der Waals surface area (Å²) in [5, 5.41) is 3.99. The predicted octanol–water partition coefficient (Wildman–Crippen LogP) is 5.29. The fourth-order valence-corrected chi connectivity index (χ4v) is 5.92.